The number of carbonyl (C=O) groups excluding carboxylic acids is 2. The lowest BCUT2D eigenvalue weighted by Crippen LogP contribution is -2.48. The summed E-state index contributed by atoms with van der Waals surface area (Å²) in [6.07, 6.45) is 0. The van der Waals surface area contributed by atoms with Crippen molar-refractivity contribution in [2.24, 2.45) is 0 Å². The van der Waals surface area contributed by atoms with Gasteiger partial charge in [0.1, 0.15) is 11.5 Å². The van der Waals surface area contributed by atoms with Crippen molar-refractivity contribution in [2.45, 2.75) is 13.0 Å². The van der Waals surface area contributed by atoms with E-state index in [4.69, 9.17) is 9.47 Å². The van der Waals surface area contributed by atoms with Crippen molar-refractivity contribution in [3.05, 3.63) is 48.0 Å². The molecule has 2 aromatic carbocycles. The zero-order valence-electron chi connectivity index (χ0n) is 18.5. The summed E-state index contributed by atoms with van der Waals surface area (Å²) < 4.78 is 10.5. The summed E-state index contributed by atoms with van der Waals surface area (Å²) in [5.41, 5.74) is 2.24. The predicted octanol–water partition coefficient (Wildman–Crippen LogP) is 2.59. The van der Waals surface area contributed by atoms with E-state index >= 15 is 0 Å². The fraction of sp³-hybridized carbons (Fsp3) is 0.391. The summed E-state index contributed by atoms with van der Waals surface area (Å²) in [7, 11) is 5.31. The van der Waals surface area contributed by atoms with E-state index in [2.05, 4.69) is 39.6 Å². The SMILES string of the molecule is COc1ccc([C@@H]2CN(CC(=O)Nc3cc(OC)ccc3NC(C)=O)CCN2C)cc1. The van der Waals surface area contributed by atoms with Crippen molar-refractivity contribution in [1.29, 1.82) is 0 Å². The minimum Gasteiger partial charge on any atom is -0.497 e. The third kappa shape index (κ3) is 5.96. The van der Waals surface area contributed by atoms with E-state index in [-0.39, 0.29) is 24.4 Å². The fourth-order valence-electron chi connectivity index (χ4n) is 3.71. The van der Waals surface area contributed by atoms with Crippen LogP contribution < -0.4 is 20.1 Å². The van der Waals surface area contributed by atoms with E-state index in [1.807, 2.05) is 12.1 Å². The first-order valence-electron chi connectivity index (χ1n) is 10.2. The van der Waals surface area contributed by atoms with Crippen molar-refractivity contribution in [3.8, 4) is 11.5 Å². The Labute approximate surface area is 183 Å². The van der Waals surface area contributed by atoms with Gasteiger partial charge in [0, 0.05) is 38.7 Å². The number of anilines is 2. The van der Waals surface area contributed by atoms with Crippen LogP contribution in [0.3, 0.4) is 0 Å². The van der Waals surface area contributed by atoms with Crippen LogP contribution in [0.25, 0.3) is 0 Å². The van der Waals surface area contributed by atoms with Gasteiger partial charge < -0.3 is 20.1 Å². The third-order valence-corrected chi connectivity index (χ3v) is 5.41. The number of amides is 2. The quantitative estimate of drug-likeness (QED) is 0.708. The molecule has 0 unspecified atom stereocenters. The average Bonchev–Trinajstić information content (AvgIpc) is 2.76. The molecule has 8 heteroatoms. The lowest BCUT2D eigenvalue weighted by atomic mass is 10.0. The smallest absolute Gasteiger partial charge is 0.238 e. The van der Waals surface area contributed by atoms with Gasteiger partial charge in [-0.3, -0.25) is 19.4 Å². The van der Waals surface area contributed by atoms with E-state index in [0.29, 0.717) is 17.1 Å². The number of nitrogens with one attached hydrogen (secondary N) is 2. The van der Waals surface area contributed by atoms with Gasteiger partial charge in [-0.15, -0.1) is 0 Å². The normalized spacial score (nSPS) is 17.1. The summed E-state index contributed by atoms with van der Waals surface area (Å²) in [6, 6.07) is 13.4. The molecule has 166 valence electrons. The van der Waals surface area contributed by atoms with Gasteiger partial charge in [-0.25, -0.2) is 0 Å². The van der Waals surface area contributed by atoms with Crippen molar-refractivity contribution in [3.63, 3.8) is 0 Å². The Balaban J connectivity index is 1.66. The maximum absolute atomic E-state index is 12.8. The maximum Gasteiger partial charge on any atom is 0.238 e. The van der Waals surface area contributed by atoms with Crippen LogP contribution in [0.5, 0.6) is 11.5 Å². The molecule has 1 fully saturated rings. The Morgan fingerprint density at radius 3 is 2.29 bits per heavy atom. The molecule has 0 aromatic heterocycles. The van der Waals surface area contributed by atoms with Gasteiger partial charge in [0.05, 0.1) is 32.1 Å². The molecule has 1 heterocycles. The molecule has 2 aromatic rings. The van der Waals surface area contributed by atoms with E-state index in [1.54, 1.807) is 32.4 Å². The van der Waals surface area contributed by atoms with Crippen LogP contribution in [0.4, 0.5) is 11.4 Å². The van der Waals surface area contributed by atoms with Gasteiger partial charge in [-0.05, 0) is 36.9 Å². The Morgan fingerprint density at radius 1 is 0.968 bits per heavy atom. The van der Waals surface area contributed by atoms with E-state index in [0.717, 1.165) is 25.4 Å². The Morgan fingerprint density at radius 2 is 1.65 bits per heavy atom. The van der Waals surface area contributed by atoms with Gasteiger partial charge in [-0.2, -0.15) is 0 Å². The van der Waals surface area contributed by atoms with Gasteiger partial charge in [0.25, 0.3) is 0 Å². The molecule has 2 N–H and O–H groups in total. The first-order valence-corrected chi connectivity index (χ1v) is 10.2. The first-order chi connectivity index (χ1) is 14.9. The predicted molar refractivity (Wildman–Crippen MR) is 121 cm³/mol. The van der Waals surface area contributed by atoms with Gasteiger partial charge in [0.15, 0.2) is 0 Å². The summed E-state index contributed by atoms with van der Waals surface area (Å²) in [4.78, 5) is 28.7. The highest BCUT2D eigenvalue weighted by molar-refractivity contribution is 5.99. The lowest BCUT2D eigenvalue weighted by Gasteiger charge is -2.39. The molecule has 0 aliphatic carbocycles. The molecule has 0 bridgehead atoms. The second-order valence-corrected chi connectivity index (χ2v) is 7.65. The highest BCUT2D eigenvalue weighted by Gasteiger charge is 2.27. The minimum atomic E-state index is -0.206. The fourth-order valence-corrected chi connectivity index (χ4v) is 3.71. The monoisotopic (exact) mass is 426 g/mol. The molecule has 31 heavy (non-hydrogen) atoms. The second-order valence-electron chi connectivity index (χ2n) is 7.65. The highest BCUT2D eigenvalue weighted by Crippen LogP contribution is 2.28. The van der Waals surface area contributed by atoms with Gasteiger partial charge in [-0.1, -0.05) is 12.1 Å². The number of ether oxygens (including phenoxy) is 2. The molecule has 8 nitrogen and oxygen atoms in total. The minimum absolute atomic E-state index is 0.141. The first kappa shape index (κ1) is 22.6. The number of nitrogens with zero attached hydrogens (tertiary/aromatic N) is 2. The molecule has 0 radical (unpaired) electrons. The summed E-state index contributed by atoms with van der Waals surface area (Å²) in [6.45, 7) is 4.09. The molecule has 1 aliphatic heterocycles. The summed E-state index contributed by atoms with van der Waals surface area (Å²) >= 11 is 0. The standard InChI is InChI=1S/C23H30N4O4/c1-16(28)24-20-10-9-19(31-4)13-21(20)25-23(29)15-27-12-11-26(2)22(14-27)17-5-7-18(30-3)8-6-17/h5-10,13,22H,11-12,14-15H2,1-4H3,(H,24,28)(H,25,29)/t22-/m0/s1. The second kappa shape index (κ2) is 10.3. The van der Waals surface area contributed by atoms with Crippen molar-refractivity contribution >= 4 is 23.2 Å². The number of carbonyl (C=O) groups is 2. The number of likely N-dealkylation sites (N-methyl/N-ethyl adjacent to an activating group) is 1. The average molecular weight is 427 g/mol. The van der Waals surface area contributed by atoms with E-state index in [1.165, 1.54) is 12.5 Å². The van der Waals surface area contributed by atoms with Crippen LogP contribution >= 0.6 is 0 Å². The van der Waals surface area contributed by atoms with Crippen LogP contribution in [0.1, 0.15) is 18.5 Å². The summed E-state index contributed by atoms with van der Waals surface area (Å²) in [5, 5.41) is 5.65. The molecule has 3 rings (SSSR count). The van der Waals surface area contributed by atoms with E-state index in [9.17, 15) is 9.59 Å². The Hall–Kier alpha value is -3.10. The van der Waals surface area contributed by atoms with Gasteiger partial charge in [0.2, 0.25) is 11.8 Å². The number of hydrogen-bond acceptors (Lipinski definition) is 6. The Kier molecular flexibility index (Phi) is 7.49. The van der Waals surface area contributed by atoms with Crippen LogP contribution in [-0.4, -0.2) is 69.1 Å². The zero-order chi connectivity index (χ0) is 22.4. The number of benzene rings is 2. The molecule has 2 amide bonds. The van der Waals surface area contributed by atoms with Crippen molar-refractivity contribution < 1.29 is 19.1 Å². The molecule has 0 saturated carbocycles. The third-order valence-electron chi connectivity index (χ3n) is 5.41. The van der Waals surface area contributed by atoms with Crippen molar-refractivity contribution in [2.75, 3.05) is 58.1 Å². The zero-order valence-corrected chi connectivity index (χ0v) is 18.5. The summed E-state index contributed by atoms with van der Waals surface area (Å²) in [5.74, 6) is 1.08. The largest absolute Gasteiger partial charge is 0.497 e. The van der Waals surface area contributed by atoms with Crippen molar-refractivity contribution in [1.82, 2.24) is 9.80 Å². The topological polar surface area (TPSA) is 83.1 Å². The van der Waals surface area contributed by atoms with Crippen LogP contribution in [0.2, 0.25) is 0 Å². The number of hydrogen-bond donors (Lipinski definition) is 2. The van der Waals surface area contributed by atoms with E-state index < -0.39 is 0 Å². The van der Waals surface area contributed by atoms with Crippen LogP contribution in [0.15, 0.2) is 42.5 Å². The van der Waals surface area contributed by atoms with Crippen LogP contribution in [-0.2, 0) is 9.59 Å². The number of piperazine rings is 1. The Bertz CT molecular complexity index is 916. The molecular weight excluding hydrogens is 396 g/mol. The molecule has 0 spiro atoms. The number of rotatable bonds is 7. The maximum atomic E-state index is 12.8. The lowest BCUT2D eigenvalue weighted by molar-refractivity contribution is -0.118. The molecule has 1 aliphatic rings. The molecule has 1 atom stereocenters. The molecular formula is C23H30N4O4. The molecule has 1 saturated heterocycles. The number of methoxy groups -OCH3 is 2. The highest BCUT2D eigenvalue weighted by atomic mass is 16.5. The van der Waals surface area contributed by atoms with Crippen LogP contribution in [0, 0.1) is 0 Å². The van der Waals surface area contributed by atoms with Gasteiger partial charge >= 0.3 is 0 Å².